The Morgan fingerprint density at radius 1 is 1.50 bits per heavy atom. The smallest absolute Gasteiger partial charge is 0.269 e. The van der Waals surface area contributed by atoms with Gasteiger partial charge in [-0.3, -0.25) is 10.1 Å². The summed E-state index contributed by atoms with van der Waals surface area (Å²) in [4.78, 5) is 10.5. The summed E-state index contributed by atoms with van der Waals surface area (Å²) in [5, 5.41) is 14.3. The third-order valence-corrected chi connectivity index (χ3v) is 3.41. The van der Waals surface area contributed by atoms with Crippen LogP contribution in [0.25, 0.3) is 0 Å². The zero-order chi connectivity index (χ0) is 13.0. The summed E-state index contributed by atoms with van der Waals surface area (Å²) in [5.41, 5.74) is 1.22. The van der Waals surface area contributed by atoms with E-state index in [2.05, 4.69) is 12.2 Å². The zero-order valence-electron chi connectivity index (χ0n) is 10.8. The lowest BCUT2D eigenvalue weighted by atomic mass is 10.0. The lowest BCUT2D eigenvalue weighted by molar-refractivity contribution is -0.384. The molecule has 0 aromatic heterocycles. The van der Waals surface area contributed by atoms with Crippen molar-refractivity contribution in [3.05, 3.63) is 39.9 Å². The Kier molecular flexibility index (Phi) is 4.31. The quantitative estimate of drug-likeness (QED) is 0.594. The highest BCUT2D eigenvalue weighted by atomic mass is 16.6. The van der Waals surface area contributed by atoms with Crippen molar-refractivity contribution in [3.63, 3.8) is 0 Å². The van der Waals surface area contributed by atoms with Gasteiger partial charge in [-0.2, -0.15) is 0 Å². The molecule has 1 unspecified atom stereocenters. The van der Waals surface area contributed by atoms with Crippen LogP contribution in [-0.2, 0) is 0 Å². The van der Waals surface area contributed by atoms with E-state index < -0.39 is 0 Å². The Balaban J connectivity index is 2.07. The van der Waals surface area contributed by atoms with E-state index >= 15 is 0 Å². The summed E-state index contributed by atoms with van der Waals surface area (Å²) in [5.74, 6) is 0.822. The molecule has 1 aromatic rings. The van der Waals surface area contributed by atoms with Gasteiger partial charge in [0.05, 0.1) is 4.92 Å². The molecule has 4 nitrogen and oxygen atoms in total. The van der Waals surface area contributed by atoms with Gasteiger partial charge < -0.3 is 5.32 Å². The second-order valence-electron chi connectivity index (χ2n) is 5.04. The first kappa shape index (κ1) is 13.0. The number of rotatable bonds is 7. The van der Waals surface area contributed by atoms with Crippen LogP contribution >= 0.6 is 0 Å². The number of nitrogens with one attached hydrogen (secondary N) is 1. The molecule has 1 saturated carbocycles. The maximum atomic E-state index is 10.8. The van der Waals surface area contributed by atoms with Gasteiger partial charge in [-0.25, -0.2) is 0 Å². The molecule has 0 spiro atoms. The molecule has 0 bridgehead atoms. The van der Waals surface area contributed by atoms with E-state index in [0.29, 0.717) is 0 Å². The molecule has 1 atom stereocenters. The van der Waals surface area contributed by atoms with Crippen molar-refractivity contribution in [3.8, 4) is 0 Å². The van der Waals surface area contributed by atoms with Crippen LogP contribution in [0.2, 0.25) is 0 Å². The SMILES string of the molecule is CCCC(NCC1CC1)c1cccc([N+](=O)[O-])c1. The lowest BCUT2D eigenvalue weighted by Crippen LogP contribution is -2.23. The van der Waals surface area contributed by atoms with Crippen molar-refractivity contribution in [2.24, 2.45) is 5.92 Å². The summed E-state index contributed by atoms with van der Waals surface area (Å²) < 4.78 is 0. The Morgan fingerprint density at radius 2 is 2.28 bits per heavy atom. The Bertz CT molecular complexity index is 416. The lowest BCUT2D eigenvalue weighted by Gasteiger charge is -2.18. The van der Waals surface area contributed by atoms with Gasteiger partial charge in [0.1, 0.15) is 0 Å². The number of benzene rings is 1. The van der Waals surface area contributed by atoms with Gasteiger partial charge in [0.25, 0.3) is 5.69 Å². The Hall–Kier alpha value is -1.42. The van der Waals surface area contributed by atoms with Crippen LogP contribution in [0.1, 0.15) is 44.2 Å². The molecule has 0 amide bonds. The van der Waals surface area contributed by atoms with Crippen molar-refractivity contribution >= 4 is 5.69 Å². The van der Waals surface area contributed by atoms with E-state index in [4.69, 9.17) is 0 Å². The zero-order valence-corrected chi connectivity index (χ0v) is 10.8. The first-order valence-electron chi connectivity index (χ1n) is 6.68. The minimum atomic E-state index is -0.326. The standard InChI is InChI=1S/C14H20N2O2/c1-2-4-14(15-10-11-7-8-11)12-5-3-6-13(9-12)16(17)18/h3,5-6,9,11,14-15H,2,4,7-8,10H2,1H3. The highest BCUT2D eigenvalue weighted by Crippen LogP contribution is 2.30. The monoisotopic (exact) mass is 248 g/mol. The maximum absolute atomic E-state index is 10.8. The van der Waals surface area contributed by atoms with Gasteiger partial charge in [-0.05, 0) is 37.3 Å². The van der Waals surface area contributed by atoms with Gasteiger partial charge in [0, 0.05) is 18.2 Å². The second-order valence-corrected chi connectivity index (χ2v) is 5.04. The van der Waals surface area contributed by atoms with Crippen LogP contribution < -0.4 is 5.32 Å². The Morgan fingerprint density at radius 3 is 2.89 bits per heavy atom. The van der Waals surface area contributed by atoms with Crippen LogP contribution in [0.3, 0.4) is 0 Å². The third-order valence-electron chi connectivity index (χ3n) is 3.41. The van der Waals surface area contributed by atoms with Crippen LogP contribution in [-0.4, -0.2) is 11.5 Å². The number of hydrogen-bond donors (Lipinski definition) is 1. The predicted molar refractivity (Wildman–Crippen MR) is 71.5 cm³/mol. The van der Waals surface area contributed by atoms with Crippen LogP contribution in [0.4, 0.5) is 5.69 Å². The summed E-state index contributed by atoms with van der Waals surface area (Å²) in [6.45, 7) is 3.18. The van der Waals surface area contributed by atoms with Crippen LogP contribution in [0.5, 0.6) is 0 Å². The minimum Gasteiger partial charge on any atom is -0.310 e. The highest BCUT2D eigenvalue weighted by Gasteiger charge is 2.23. The number of hydrogen-bond acceptors (Lipinski definition) is 3. The molecule has 0 heterocycles. The minimum absolute atomic E-state index is 0.182. The molecule has 18 heavy (non-hydrogen) atoms. The normalized spacial score (nSPS) is 16.5. The van der Waals surface area contributed by atoms with Gasteiger partial charge in [0.15, 0.2) is 0 Å². The van der Waals surface area contributed by atoms with Crippen LogP contribution in [0.15, 0.2) is 24.3 Å². The van der Waals surface area contributed by atoms with E-state index in [1.807, 2.05) is 6.07 Å². The van der Waals surface area contributed by atoms with Gasteiger partial charge in [0.2, 0.25) is 0 Å². The van der Waals surface area contributed by atoms with Crippen molar-refractivity contribution in [2.75, 3.05) is 6.54 Å². The summed E-state index contributed by atoms with van der Waals surface area (Å²) in [6.07, 6.45) is 4.74. The average molecular weight is 248 g/mol. The molecule has 0 saturated heterocycles. The summed E-state index contributed by atoms with van der Waals surface area (Å²) >= 11 is 0. The molecular weight excluding hydrogens is 228 g/mol. The second kappa shape index (κ2) is 5.96. The van der Waals surface area contributed by atoms with Crippen molar-refractivity contribution in [1.82, 2.24) is 5.32 Å². The molecular formula is C14H20N2O2. The van der Waals surface area contributed by atoms with Gasteiger partial charge >= 0.3 is 0 Å². The number of nitro groups is 1. The van der Waals surface area contributed by atoms with E-state index in [1.165, 1.54) is 12.8 Å². The summed E-state index contributed by atoms with van der Waals surface area (Å²) in [7, 11) is 0. The third kappa shape index (κ3) is 3.53. The van der Waals surface area contributed by atoms with E-state index in [1.54, 1.807) is 18.2 Å². The molecule has 4 heteroatoms. The number of nitro benzene ring substituents is 1. The molecule has 1 aliphatic carbocycles. The molecule has 2 rings (SSSR count). The molecule has 1 fully saturated rings. The number of nitrogens with zero attached hydrogens (tertiary/aromatic N) is 1. The topological polar surface area (TPSA) is 55.2 Å². The molecule has 0 radical (unpaired) electrons. The Labute approximate surface area is 108 Å². The average Bonchev–Trinajstić information content (AvgIpc) is 3.18. The first-order valence-corrected chi connectivity index (χ1v) is 6.68. The van der Waals surface area contributed by atoms with Crippen molar-refractivity contribution < 1.29 is 4.92 Å². The summed E-state index contributed by atoms with van der Waals surface area (Å²) in [6, 6.07) is 7.24. The maximum Gasteiger partial charge on any atom is 0.269 e. The molecule has 98 valence electrons. The van der Waals surface area contributed by atoms with E-state index in [9.17, 15) is 10.1 Å². The largest absolute Gasteiger partial charge is 0.310 e. The molecule has 1 N–H and O–H groups in total. The number of non-ortho nitro benzene ring substituents is 1. The van der Waals surface area contributed by atoms with E-state index in [-0.39, 0.29) is 16.7 Å². The van der Waals surface area contributed by atoms with Crippen molar-refractivity contribution in [1.29, 1.82) is 0 Å². The highest BCUT2D eigenvalue weighted by molar-refractivity contribution is 5.35. The fourth-order valence-electron chi connectivity index (χ4n) is 2.16. The fourth-order valence-corrected chi connectivity index (χ4v) is 2.16. The molecule has 0 aliphatic heterocycles. The van der Waals surface area contributed by atoms with Gasteiger partial charge in [-0.1, -0.05) is 25.5 Å². The van der Waals surface area contributed by atoms with Crippen molar-refractivity contribution in [2.45, 2.75) is 38.6 Å². The molecule has 1 aliphatic rings. The predicted octanol–water partition coefficient (Wildman–Crippen LogP) is 3.44. The van der Waals surface area contributed by atoms with E-state index in [0.717, 1.165) is 30.9 Å². The fraction of sp³-hybridized carbons (Fsp3) is 0.571. The van der Waals surface area contributed by atoms with Crippen LogP contribution in [0, 0.1) is 16.0 Å². The molecule has 1 aromatic carbocycles. The first-order chi connectivity index (χ1) is 8.70. The van der Waals surface area contributed by atoms with Gasteiger partial charge in [-0.15, -0.1) is 0 Å².